The number of amides is 1. The summed E-state index contributed by atoms with van der Waals surface area (Å²) in [6, 6.07) is 7.60. The summed E-state index contributed by atoms with van der Waals surface area (Å²) in [6.07, 6.45) is 0. The number of aryl methyl sites for hydroxylation is 1. The van der Waals surface area contributed by atoms with E-state index in [2.05, 4.69) is 30.3 Å². The highest BCUT2D eigenvalue weighted by molar-refractivity contribution is 5.81. The van der Waals surface area contributed by atoms with Crippen molar-refractivity contribution in [2.75, 3.05) is 33.3 Å². The molecule has 1 aromatic heterocycles. The van der Waals surface area contributed by atoms with Gasteiger partial charge in [0.05, 0.1) is 19.7 Å². The first-order chi connectivity index (χ1) is 13.0. The van der Waals surface area contributed by atoms with E-state index in [-0.39, 0.29) is 11.9 Å². The summed E-state index contributed by atoms with van der Waals surface area (Å²) in [7, 11) is 1.64. The summed E-state index contributed by atoms with van der Waals surface area (Å²) in [6.45, 7) is 8.64. The molecule has 2 aromatic rings. The van der Waals surface area contributed by atoms with Gasteiger partial charge in [0.1, 0.15) is 11.6 Å². The van der Waals surface area contributed by atoms with E-state index in [0.29, 0.717) is 6.54 Å². The van der Waals surface area contributed by atoms with Crippen LogP contribution in [-0.4, -0.2) is 70.2 Å². The zero-order valence-corrected chi connectivity index (χ0v) is 16.2. The Labute approximate surface area is 159 Å². The zero-order valence-electron chi connectivity index (χ0n) is 16.2. The molecule has 146 valence electrons. The lowest BCUT2D eigenvalue weighted by Crippen LogP contribution is -2.53. The van der Waals surface area contributed by atoms with Crippen LogP contribution in [0.1, 0.15) is 24.1 Å². The Kier molecular flexibility index (Phi) is 6.41. The SMILES string of the molecule is COc1cccc(CNC(=O)[C@H](C)N2CCN(Cc3n[nH]c(C)n3)CC2)c1. The number of ether oxygens (including phenoxy) is 1. The van der Waals surface area contributed by atoms with Gasteiger partial charge in [0.2, 0.25) is 5.91 Å². The number of piperazine rings is 1. The van der Waals surface area contributed by atoms with Crippen molar-refractivity contribution < 1.29 is 9.53 Å². The molecule has 3 rings (SSSR count). The molecule has 1 aliphatic rings. The van der Waals surface area contributed by atoms with Crippen LogP contribution in [0.4, 0.5) is 0 Å². The average Bonchev–Trinajstić information content (AvgIpc) is 3.11. The van der Waals surface area contributed by atoms with Crippen LogP contribution in [0.5, 0.6) is 5.75 Å². The first kappa shape index (κ1) is 19.3. The summed E-state index contributed by atoms with van der Waals surface area (Å²) in [4.78, 5) is 21.4. The van der Waals surface area contributed by atoms with Gasteiger partial charge in [-0.25, -0.2) is 4.98 Å². The Morgan fingerprint density at radius 2 is 2.11 bits per heavy atom. The molecule has 1 saturated heterocycles. The Bertz CT molecular complexity index is 754. The molecule has 0 aliphatic carbocycles. The van der Waals surface area contributed by atoms with Gasteiger partial charge in [0.15, 0.2) is 5.82 Å². The highest BCUT2D eigenvalue weighted by Gasteiger charge is 2.25. The first-order valence-electron chi connectivity index (χ1n) is 9.30. The molecular formula is C19H28N6O2. The lowest BCUT2D eigenvalue weighted by molar-refractivity contribution is -0.126. The molecule has 0 spiro atoms. The lowest BCUT2D eigenvalue weighted by atomic mass is 10.2. The fourth-order valence-electron chi connectivity index (χ4n) is 3.25. The van der Waals surface area contributed by atoms with Crippen LogP contribution in [-0.2, 0) is 17.9 Å². The number of benzene rings is 1. The van der Waals surface area contributed by atoms with Crippen LogP contribution in [0.3, 0.4) is 0 Å². The fraction of sp³-hybridized carbons (Fsp3) is 0.526. The third-order valence-electron chi connectivity index (χ3n) is 4.94. The van der Waals surface area contributed by atoms with E-state index in [1.807, 2.05) is 38.1 Å². The zero-order chi connectivity index (χ0) is 19.2. The molecule has 0 saturated carbocycles. The summed E-state index contributed by atoms with van der Waals surface area (Å²) >= 11 is 0. The molecule has 0 bridgehead atoms. The molecule has 8 heteroatoms. The van der Waals surface area contributed by atoms with Gasteiger partial charge in [-0.05, 0) is 31.5 Å². The normalized spacial score (nSPS) is 16.9. The first-order valence-corrected chi connectivity index (χ1v) is 9.30. The predicted molar refractivity (Wildman–Crippen MR) is 102 cm³/mol. The molecular weight excluding hydrogens is 344 g/mol. The number of hydrogen-bond acceptors (Lipinski definition) is 6. The van der Waals surface area contributed by atoms with E-state index in [1.54, 1.807) is 7.11 Å². The van der Waals surface area contributed by atoms with E-state index in [0.717, 1.165) is 55.7 Å². The quantitative estimate of drug-likeness (QED) is 0.752. The molecule has 2 heterocycles. The van der Waals surface area contributed by atoms with Gasteiger partial charge in [-0.1, -0.05) is 12.1 Å². The number of aromatic amines is 1. The van der Waals surface area contributed by atoms with Crippen LogP contribution in [0.2, 0.25) is 0 Å². The van der Waals surface area contributed by atoms with Crippen molar-refractivity contribution in [2.45, 2.75) is 33.0 Å². The van der Waals surface area contributed by atoms with Gasteiger partial charge in [-0.15, -0.1) is 0 Å². The molecule has 1 amide bonds. The second-order valence-corrected chi connectivity index (χ2v) is 6.89. The van der Waals surface area contributed by atoms with Crippen molar-refractivity contribution in [3.05, 3.63) is 41.5 Å². The van der Waals surface area contributed by atoms with Crippen LogP contribution in [0, 0.1) is 6.92 Å². The maximum Gasteiger partial charge on any atom is 0.237 e. The summed E-state index contributed by atoms with van der Waals surface area (Å²) in [5, 5.41) is 10.1. The maximum absolute atomic E-state index is 12.5. The van der Waals surface area contributed by atoms with Crippen molar-refractivity contribution in [3.63, 3.8) is 0 Å². The molecule has 1 aliphatic heterocycles. The Morgan fingerprint density at radius 1 is 1.33 bits per heavy atom. The van der Waals surface area contributed by atoms with E-state index in [9.17, 15) is 4.79 Å². The molecule has 1 aromatic carbocycles. The number of methoxy groups -OCH3 is 1. The summed E-state index contributed by atoms with van der Waals surface area (Å²) in [5.41, 5.74) is 1.03. The fourth-order valence-corrected chi connectivity index (χ4v) is 3.25. The van der Waals surface area contributed by atoms with Crippen molar-refractivity contribution >= 4 is 5.91 Å². The third-order valence-corrected chi connectivity index (χ3v) is 4.94. The number of rotatable bonds is 7. The summed E-state index contributed by atoms with van der Waals surface area (Å²) < 4.78 is 5.22. The highest BCUT2D eigenvalue weighted by Crippen LogP contribution is 2.13. The minimum Gasteiger partial charge on any atom is -0.497 e. The van der Waals surface area contributed by atoms with E-state index in [4.69, 9.17) is 4.74 Å². The van der Waals surface area contributed by atoms with Gasteiger partial charge in [0, 0.05) is 32.7 Å². The largest absolute Gasteiger partial charge is 0.497 e. The van der Waals surface area contributed by atoms with E-state index in [1.165, 1.54) is 0 Å². The average molecular weight is 372 g/mol. The minimum absolute atomic E-state index is 0.0517. The van der Waals surface area contributed by atoms with Crippen molar-refractivity contribution in [1.29, 1.82) is 0 Å². The Balaban J connectivity index is 1.43. The summed E-state index contributed by atoms with van der Waals surface area (Å²) in [5.74, 6) is 2.51. The molecule has 0 unspecified atom stereocenters. The van der Waals surface area contributed by atoms with Crippen LogP contribution >= 0.6 is 0 Å². The number of hydrogen-bond donors (Lipinski definition) is 2. The standard InChI is InChI=1S/C19H28N6O2/c1-14(19(26)20-12-16-5-4-6-17(11-16)27-3)25-9-7-24(8-10-25)13-18-21-15(2)22-23-18/h4-6,11,14H,7-10,12-13H2,1-3H3,(H,20,26)(H,21,22,23)/t14-/m0/s1. The van der Waals surface area contributed by atoms with Crippen molar-refractivity contribution in [3.8, 4) is 5.75 Å². The molecule has 8 nitrogen and oxygen atoms in total. The second-order valence-electron chi connectivity index (χ2n) is 6.89. The molecule has 0 radical (unpaired) electrons. The number of carbonyl (C=O) groups excluding carboxylic acids is 1. The molecule has 27 heavy (non-hydrogen) atoms. The highest BCUT2D eigenvalue weighted by atomic mass is 16.5. The molecule has 1 fully saturated rings. The van der Waals surface area contributed by atoms with Gasteiger partial charge in [0.25, 0.3) is 0 Å². The van der Waals surface area contributed by atoms with Crippen molar-refractivity contribution in [2.24, 2.45) is 0 Å². The lowest BCUT2D eigenvalue weighted by Gasteiger charge is -2.37. The van der Waals surface area contributed by atoms with Gasteiger partial charge < -0.3 is 10.1 Å². The minimum atomic E-state index is -0.150. The molecule has 1 atom stereocenters. The molecule has 2 N–H and O–H groups in total. The number of nitrogens with one attached hydrogen (secondary N) is 2. The smallest absolute Gasteiger partial charge is 0.237 e. The van der Waals surface area contributed by atoms with Gasteiger partial charge in [-0.3, -0.25) is 19.7 Å². The number of carbonyl (C=O) groups is 1. The van der Waals surface area contributed by atoms with Gasteiger partial charge in [-0.2, -0.15) is 5.10 Å². The number of aromatic nitrogens is 3. The third kappa shape index (κ3) is 5.27. The predicted octanol–water partition coefficient (Wildman–Crippen LogP) is 0.944. The van der Waals surface area contributed by atoms with Crippen molar-refractivity contribution in [1.82, 2.24) is 30.3 Å². The number of H-pyrrole nitrogens is 1. The van der Waals surface area contributed by atoms with Crippen LogP contribution < -0.4 is 10.1 Å². The van der Waals surface area contributed by atoms with Gasteiger partial charge >= 0.3 is 0 Å². The van der Waals surface area contributed by atoms with Crippen LogP contribution in [0.25, 0.3) is 0 Å². The Hall–Kier alpha value is -2.45. The maximum atomic E-state index is 12.5. The van der Waals surface area contributed by atoms with E-state index >= 15 is 0 Å². The Morgan fingerprint density at radius 3 is 2.78 bits per heavy atom. The monoisotopic (exact) mass is 372 g/mol. The topological polar surface area (TPSA) is 86.4 Å². The van der Waals surface area contributed by atoms with Crippen LogP contribution in [0.15, 0.2) is 24.3 Å². The second kappa shape index (κ2) is 8.96. The van der Waals surface area contributed by atoms with E-state index < -0.39 is 0 Å². The number of nitrogens with zero attached hydrogens (tertiary/aromatic N) is 4.